The summed E-state index contributed by atoms with van der Waals surface area (Å²) in [5.74, 6) is -0.0755. The highest BCUT2D eigenvalue weighted by molar-refractivity contribution is 7.09. The van der Waals surface area contributed by atoms with E-state index in [-0.39, 0.29) is 11.9 Å². The number of rotatable bonds is 4. The largest absolute Gasteiger partial charge is 0.388 e. The Hall–Kier alpha value is -1.88. The van der Waals surface area contributed by atoms with Crippen LogP contribution in [0.4, 0.5) is 5.69 Å². The fourth-order valence-electron chi connectivity index (χ4n) is 1.88. The number of amides is 1. The summed E-state index contributed by atoms with van der Waals surface area (Å²) < 4.78 is 0. The van der Waals surface area contributed by atoms with Gasteiger partial charge in [-0.15, -0.1) is 11.3 Å². The van der Waals surface area contributed by atoms with Gasteiger partial charge in [0.15, 0.2) is 0 Å². The molecule has 0 aliphatic heterocycles. The number of aryl methyl sites for hydroxylation is 1. The quantitative estimate of drug-likeness (QED) is 0.902. The van der Waals surface area contributed by atoms with E-state index in [1.165, 1.54) is 0 Å². The standard InChI is InChI=1S/C14H17N3OS/c1-9-8-11(4-5-12(9)15-3)13(18)17-10(2)14-16-6-7-19-14/h4-8,10,15H,1-3H3,(H,17,18). The summed E-state index contributed by atoms with van der Waals surface area (Å²) in [4.78, 5) is 16.3. The van der Waals surface area contributed by atoms with Crippen LogP contribution in [0.5, 0.6) is 0 Å². The van der Waals surface area contributed by atoms with Gasteiger partial charge in [-0.05, 0) is 37.6 Å². The molecule has 0 saturated heterocycles. The molecule has 0 saturated carbocycles. The van der Waals surface area contributed by atoms with E-state index < -0.39 is 0 Å². The predicted octanol–water partition coefficient (Wildman–Crippen LogP) is 2.98. The van der Waals surface area contributed by atoms with Gasteiger partial charge in [0.1, 0.15) is 5.01 Å². The van der Waals surface area contributed by atoms with Crippen LogP contribution in [0, 0.1) is 6.92 Å². The van der Waals surface area contributed by atoms with E-state index in [0.29, 0.717) is 5.56 Å². The SMILES string of the molecule is CNc1ccc(C(=O)NC(C)c2nccs2)cc1C. The van der Waals surface area contributed by atoms with Crippen molar-refractivity contribution in [2.45, 2.75) is 19.9 Å². The van der Waals surface area contributed by atoms with Gasteiger partial charge in [-0.3, -0.25) is 4.79 Å². The number of benzene rings is 1. The van der Waals surface area contributed by atoms with Crippen LogP contribution < -0.4 is 10.6 Å². The Labute approximate surface area is 116 Å². The maximum absolute atomic E-state index is 12.1. The Balaban J connectivity index is 2.10. The van der Waals surface area contributed by atoms with Crippen molar-refractivity contribution in [1.82, 2.24) is 10.3 Å². The van der Waals surface area contributed by atoms with Crippen LogP contribution in [0.15, 0.2) is 29.8 Å². The normalized spacial score (nSPS) is 11.9. The third kappa shape index (κ3) is 3.12. The molecule has 19 heavy (non-hydrogen) atoms. The molecule has 2 rings (SSSR count). The fourth-order valence-corrected chi connectivity index (χ4v) is 2.52. The van der Waals surface area contributed by atoms with E-state index in [9.17, 15) is 4.79 Å². The van der Waals surface area contributed by atoms with Crippen molar-refractivity contribution >= 4 is 22.9 Å². The van der Waals surface area contributed by atoms with Gasteiger partial charge in [-0.1, -0.05) is 0 Å². The molecule has 0 bridgehead atoms. The molecule has 1 heterocycles. The minimum absolute atomic E-state index is 0.0724. The molecule has 0 radical (unpaired) electrons. The van der Waals surface area contributed by atoms with E-state index in [2.05, 4.69) is 15.6 Å². The second kappa shape index (κ2) is 5.84. The number of carbonyl (C=O) groups excluding carboxylic acids is 1. The molecule has 0 aliphatic carbocycles. The van der Waals surface area contributed by atoms with E-state index in [1.807, 2.05) is 44.5 Å². The minimum Gasteiger partial charge on any atom is -0.388 e. The van der Waals surface area contributed by atoms with Crippen molar-refractivity contribution in [3.8, 4) is 0 Å². The topological polar surface area (TPSA) is 54.0 Å². The first-order valence-electron chi connectivity index (χ1n) is 6.10. The van der Waals surface area contributed by atoms with Crippen molar-refractivity contribution in [3.05, 3.63) is 45.9 Å². The lowest BCUT2D eigenvalue weighted by Gasteiger charge is -2.12. The first-order chi connectivity index (χ1) is 9.11. The lowest BCUT2D eigenvalue weighted by Crippen LogP contribution is -2.26. The lowest BCUT2D eigenvalue weighted by atomic mass is 10.1. The summed E-state index contributed by atoms with van der Waals surface area (Å²) in [5.41, 5.74) is 2.75. The van der Waals surface area contributed by atoms with Crippen molar-refractivity contribution in [1.29, 1.82) is 0 Å². The molecule has 1 aromatic heterocycles. The molecule has 2 aromatic rings. The van der Waals surface area contributed by atoms with E-state index in [4.69, 9.17) is 0 Å². The number of hydrogen-bond donors (Lipinski definition) is 2. The van der Waals surface area contributed by atoms with Crippen LogP contribution in [0.1, 0.15) is 33.9 Å². The fraction of sp³-hybridized carbons (Fsp3) is 0.286. The predicted molar refractivity (Wildman–Crippen MR) is 78.7 cm³/mol. The molecule has 0 fully saturated rings. The molecule has 5 heteroatoms. The van der Waals surface area contributed by atoms with Crippen LogP contribution in [0.2, 0.25) is 0 Å². The zero-order valence-corrected chi connectivity index (χ0v) is 12.0. The summed E-state index contributed by atoms with van der Waals surface area (Å²) in [6.07, 6.45) is 1.74. The Morgan fingerprint density at radius 1 is 1.42 bits per heavy atom. The van der Waals surface area contributed by atoms with Gasteiger partial charge < -0.3 is 10.6 Å². The first-order valence-corrected chi connectivity index (χ1v) is 6.98. The molecule has 100 valence electrons. The lowest BCUT2D eigenvalue weighted by molar-refractivity contribution is 0.0940. The molecule has 1 unspecified atom stereocenters. The van der Waals surface area contributed by atoms with Crippen LogP contribution in [0.25, 0.3) is 0 Å². The average Bonchev–Trinajstić information content (AvgIpc) is 2.92. The van der Waals surface area contributed by atoms with E-state index in [0.717, 1.165) is 16.3 Å². The first kappa shape index (κ1) is 13.5. The van der Waals surface area contributed by atoms with Crippen molar-refractivity contribution in [3.63, 3.8) is 0 Å². The summed E-state index contributed by atoms with van der Waals surface area (Å²) in [7, 11) is 1.87. The number of anilines is 1. The van der Waals surface area contributed by atoms with Gasteiger partial charge >= 0.3 is 0 Å². The molecule has 1 amide bonds. The monoisotopic (exact) mass is 275 g/mol. The third-order valence-electron chi connectivity index (χ3n) is 2.93. The van der Waals surface area contributed by atoms with Crippen LogP contribution in [0.3, 0.4) is 0 Å². The highest BCUT2D eigenvalue weighted by Gasteiger charge is 2.13. The number of nitrogens with one attached hydrogen (secondary N) is 2. The Morgan fingerprint density at radius 2 is 2.21 bits per heavy atom. The molecule has 1 atom stereocenters. The Morgan fingerprint density at radius 3 is 2.79 bits per heavy atom. The van der Waals surface area contributed by atoms with Gasteiger partial charge in [0.05, 0.1) is 6.04 Å². The smallest absolute Gasteiger partial charge is 0.251 e. The molecule has 4 nitrogen and oxygen atoms in total. The number of nitrogens with zero attached hydrogens (tertiary/aromatic N) is 1. The minimum atomic E-state index is -0.0755. The summed E-state index contributed by atoms with van der Waals surface area (Å²) in [6, 6.07) is 5.55. The molecule has 0 spiro atoms. The maximum atomic E-state index is 12.1. The van der Waals surface area contributed by atoms with Gasteiger partial charge in [0.25, 0.3) is 5.91 Å². The zero-order valence-electron chi connectivity index (χ0n) is 11.2. The number of hydrogen-bond acceptors (Lipinski definition) is 4. The van der Waals surface area contributed by atoms with Crippen LogP contribution in [-0.2, 0) is 0 Å². The van der Waals surface area contributed by atoms with Gasteiger partial charge in [-0.2, -0.15) is 0 Å². The molecule has 2 N–H and O–H groups in total. The zero-order chi connectivity index (χ0) is 13.8. The molecular weight excluding hydrogens is 258 g/mol. The van der Waals surface area contributed by atoms with Crippen LogP contribution in [-0.4, -0.2) is 17.9 Å². The average molecular weight is 275 g/mol. The van der Waals surface area contributed by atoms with Crippen LogP contribution >= 0.6 is 11.3 Å². The number of thiazole rings is 1. The van der Waals surface area contributed by atoms with Gasteiger partial charge in [0, 0.05) is 29.9 Å². The van der Waals surface area contributed by atoms with Crippen molar-refractivity contribution < 1.29 is 4.79 Å². The van der Waals surface area contributed by atoms with Crippen molar-refractivity contribution in [2.24, 2.45) is 0 Å². The number of carbonyl (C=O) groups is 1. The summed E-state index contributed by atoms with van der Waals surface area (Å²) in [5, 5.41) is 8.86. The summed E-state index contributed by atoms with van der Waals surface area (Å²) >= 11 is 1.54. The second-order valence-electron chi connectivity index (χ2n) is 4.35. The Bertz CT molecular complexity index is 566. The Kier molecular flexibility index (Phi) is 4.16. The van der Waals surface area contributed by atoms with Crippen molar-refractivity contribution in [2.75, 3.05) is 12.4 Å². The number of aromatic nitrogens is 1. The highest BCUT2D eigenvalue weighted by Crippen LogP contribution is 2.18. The molecule has 0 aliphatic rings. The molecule has 1 aromatic carbocycles. The maximum Gasteiger partial charge on any atom is 0.251 e. The highest BCUT2D eigenvalue weighted by atomic mass is 32.1. The summed E-state index contributed by atoms with van der Waals surface area (Å²) in [6.45, 7) is 3.92. The molecular formula is C14H17N3OS. The van der Waals surface area contributed by atoms with E-state index >= 15 is 0 Å². The van der Waals surface area contributed by atoms with Gasteiger partial charge in [0.2, 0.25) is 0 Å². The second-order valence-corrected chi connectivity index (χ2v) is 5.27. The third-order valence-corrected chi connectivity index (χ3v) is 3.89. The van der Waals surface area contributed by atoms with E-state index in [1.54, 1.807) is 17.5 Å². The van der Waals surface area contributed by atoms with Gasteiger partial charge in [-0.25, -0.2) is 4.98 Å².